The Kier molecular flexibility index (Phi) is 3.11. The summed E-state index contributed by atoms with van der Waals surface area (Å²) >= 11 is 6.27. The first-order chi connectivity index (χ1) is 8.81. The normalized spacial score (nSPS) is 26.8. The number of hydrogen-bond acceptors (Lipinski definition) is 4. The highest BCUT2D eigenvalue weighted by Crippen LogP contribution is 2.35. The summed E-state index contributed by atoms with van der Waals surface area (Å²) in [6.07, 6.45) is 5.35. The number of nitrogens with zero attached hydrogens (tertiary/aromatic N) is 3. The van der Waals surface area contributed by atoms with E-state index in [2.05, 4.69) is 16.0 Å². The molecule has 3 rings (SSSR count). The van der Waals surface area contributed by atoms with Crippen molar-refractivity contribution in [2.45, 2.75) is 31.4 Å². The zero-order valence-electron chi connectivity index (χ0n) is 9.97. The Bertz CT molecular complexity index is 499. The van der Waals surface area contributed by atoms with Crippen molar-refractivity contribution in [1.82, 2.24) is 4.98 Å². The number of nitriles is 1. The molecular weight excluding hydrogens is 250 g/mol. The summed E-state index contributed by atoms with van der Waals surface area (Å²) in [5.41, 5.74) is 0.489. The number of halogens is 1. The number of morpholine rings is 1. The van der Waals surface area contributed by atoms with Gasteiger partial charge in [0.15, 0.2) is 0 Å². The van der Waals surface area contributed by atoms with Crippen molar-refractivity contribution in [3.05, 3.63) is 22.8 Å². The third kappa shape index (κ3) is 1.84. The fourth-order valence-electron chi connectivity index (χ4n) is 2.91. The van der Waals surface area contributed by atoms with Crippen LogP contribution in [0.5, 0.6) is 0 Å². The predicted octanol–water partition coefficient (Wildman–Crippen LogP) is 2.36. The average Bonchev–Trinajstić information content (AvgIpc) is 2.87. The number of rotatable bonds is 1. The molecule has 2 fully saturated rings. The first kappa shape index (κ1) is 11.8. The Morgan fingerprint density at radius 2 is 2.39 bits per heavy atom. The minimum atomic E-state index is 0.294. The number of ether oxygens (including phenoxy) is 1. The summed E-state index contributed by atoms with van der Waals surface area (Å²) in [6.45, 7) is 1.50. The minimum absolute atomic E-state index is 0.294. The van der Waals surface area contributed by atoms with Gasteiger partial charge in [-0.1, -0.05) is 11.6 Å². The highest BCUT2D eigenvalue weighted by molar-refractivity contribution is 6.34. The molecule has 2 atom stereocenters. The van der Waals surface area contributed by atoms with E-state index in [4.69, 9.17) is 21.6 Å². The number of pyridine rings is 1. The summed E-state index contributed by atoms with van der Waals surface area (Å²) in [7, 11) is 0. The zero-order valence-corrected chi connectivity index (χ0v) is 10.7. The molecule has 4 nitrogen and oxygen atoms in total. The average molecular weight is 264 g/mol. The van der Waals surface area contributed by atoms with Crippen LogP contribution in [0.4, 0.5) is 5.82 Å². The van der Waals surface area contributed by atoms with E-state index < -0.39 is 0 Å². The molecule has 2 unspecified atom stereocenters. The van der Waals surface area contributed by atoms with Crippen LogP contribution in [-0.4, -0.2) is 30.3 Å². The molecule has 1 aromatic heterocycles. The molecule has 0 N–H and O–H groups in total. The van der Waals surface area contributed by atoms with Crippen LogP contribution in [0.3, 0.4) is 0 Å². The topological polar surface area (TPSA) is 49.2 Å². The monoisotopic (exact) mass is 263 g/mol. The number of hydrogen-bond donors (Lipinski definition) is 0. The molecule has 2 aliphatic rings. The molecule has 0 aromatic carbocycles. The number of anilines is 1. The molecule has 1 aliphatic heterocycles. The second-order valence-corrected chi connectivity index (χ2v) is 5.09. The predicted molar refractivity (Wildman–Crippen MR) is 68.7 cm³/mol. The quantitative estimate of drug-likeness (QED) is 0.781. The molecule has 0 bridgehead atoms. The molecule has 2 heterocycles. The summed E-state index contributed by atoms with van der Waals surface area (Å²) < 4.78 is 5.77. The van der Waals surface area contributed by atoms with Gasteiger partial charge in [0.05, 0.1) is 24.3 Å². The Hall–Kier alpha value is -1.31. The van der Waals surface area contributed by atoms with E-state index in [0.29, 0.717) is 29.3 Å². The minimum Gasteiger partial charge on any atom is -0.374 e. The Labute approximate surface area is 111 Å². The van der Waals surface area contributed by atoms with Crippen LogP contribution in [-0.2, 0) is 4.74 Å². The summed E-state index contributed by atoms with van der Waals surface area (Å²) in [6, 6.07) is 4.11. The molecule has 94 valence electrons. The van der Waals surface area contributed by atoms with Gasteiger partial charge in [0.25, 0.3) is 0 Å². The van der Waals surface area contributed by atoms with Crippen molar-refractivity contribution in [1.29, 1.82) is 5.26 Å². The summed E-state index contributed by atoms with van der Waals surface area (Å²) in [5, 5.41) is 9.49. The third-order valence-electron chi connectivity index (χ3n) is 3.75. The van der Waals surface area contributed by atoms with Gasteiger partial charge in [0.2, 0.25) is 0 Å². The molecule has 1 aromatic rings. The fraction of sp³-hybridized carbons (Fsp3) is 0.538. The van der Waals surface area contributed by atoms with Crippen molar-refractivity contribution in [3.8, 4) is 6.07 Å². The van der Waals surface area contributed by atoms with E-state index in [9.17, 15) is 0 Å². The van der Waals surface area contributed by atoms with E-state index in [0.717, 1.165) is 25.2 Å². The number of fused-ring (bicyclic) bond motifs is 1. The lowest BCUT2D eigenvalue weighted by atomic mass is 10.1. The molecule has 0 amide bonds. The van der Waals surface area contributed by atoms with Gasteiger partial charge in [-0.15, -0.1) is 0 Å². The maximum atomic E-state index is 9.02. The molecule has 0 radical (unpaired) electrons. The van der Waals surface area contributed by atoms with Gasteiger partial charge in [-0.2, -0.15) is 5.26 Å². The van der Waals surface area contributed by atoms with Crippen molar-refractivity contribution < 1.29 is 4.74 Å². The molecule has 18 heavy (non-hydrogen) atoms. The molecule has 5 heteroatoms. The van der Waals surface area contributed by atoms with Crippen LogP contribution in [0.25, 0.3) is 0 Å². The number of aromatic nitrogens is 1. The van der Waals surface area contributed by atoms with Crippen molar-refractivity contribution in [2.24, 2.45) is 0 Å². The largest absolute Gasteiger partial charge is 0.374 e. The fourth-order valence-corrected chi connectivity index (χ4v) is 3.17. The van der Waals surface area contributed by atoms with E-state index in [1.54, 1.807) is 12.3 Å². The van der Waals surface area contributed by atoms with E-state index in [-0.39, 0.29) is 0 Å². The van der Waals surface area contributed by atoms with Gasteiger partial charge in [0, 0.05) is 12.7 Å². The van der Waals surface area contributed by atoms with Gasteiger partial charge in [-0.25, -0.2) is 4.98 Å². The van der Waals surface area contributed by atoms with Crippen molar-refractivity contribution in [2.75, 3.05) is 18.1 Å². The Morgan fingerprint density at radius 1 is 1.50 bits per heavy atom. The SMILES string of the molecule is N#Cc1ccnc(N2CCOC3CCCC32)c1Cl. The molecule has 0 spiro atoms. The summed E-state index contributed by atoms with van der Waals surface area (Å²) in [4.78, 5) is 6.57. The lowest BCUT2D eigenvalue weighted by Gasteiger charge is -2.38. The van der Waals surface area contributed by atoms with Crippen molar-refractivity contribution in [3.63, 3.8) is 0 Å². The lowest BCUT2D eigenvalue weighted by molar-refractivity contribution is 0.0253. The summed E-state index contributed by atoms with van der Waals surface area (Å²) in [5.74, 6) is 0.732. The van der Waals surface area contributed by atoms with Crippen LogP contribution in [0, 0.1) is 11.3 Å². The first-order valence-corrected chi connectivity index (χ1v) is 6.62. The molecule has 1 saturated carbocycles. The van der Waals surface area contributed by atoms with E-state index in [1.807, 2.05) is 0 Å². The molecule has 1 aliphatic carbocycles. The maximum absolute atomic E-state index is 9.02. The second kappa shape index (κ2) is 4.75. The Balaban J connectivity index is 1.97. The zero-order chi connectivity index (χ0) is 12.5. The van der Waals surface area contributed by atoms with Gasteiger partial charge < -0.3 is 9.64 Å². The highest BCUT2D eigenvalue weighted by Gasteiger charge is 2.37. The van der Waals surface area contributed by atoms with Crippen LogP contribution < -0.4 is 4.90 Å². The second-order valence-electron chi connectivity index (χ2n) is 4.71. The molecular formula is C13H14ClN3O. The third-order valence-corrected chi connectivity index (χ3v) is 4.12. The van der Waals surface area contributed by atoms with E-state index >= 15 is 0 Å². The Morgan fingerprint density at radius 3 is 3.22 bits per heavy atom. The van der Waals surface area contributed by atoms with Crippen molar-refractivity contribution >= 4 is 17.4 Å². The smallest absolute Gasteiger partial charge is 0.149 e. The van der Waals surface area contributed by atoms with E-state index in [1.165, 1.54) is 6.42 Å². The van der Waals surface area contributed by atoms with Gasteiger partial charge in [0.1, 0.15) is 16.9 Å². The van der Waals surface area contributed by atoms with Crippen LogP contribution >= 0.6 is 11.6 Å². The van der Waals surface area contributed by atoms with Crippen LogP contribution in [0.2, 0.25) is 5.02 Å². The molecule has 1 saturated heterocycles. The first-order valence-electron chi connectivity index (χ1n) is 6.24. The van der Waals surface area contributed by atoms with Gasteiger partial charge in [-0.3, -0.25) is 0 Å². The highest BCUT2D eigenvalue weighted by atomic mass is 35.5. The van der Waals surface area contributed by atoms with Crippen LogP contribution in [0.1, 0.15) is 24.8 Å². The van der Waals surface area contributed by atoms with Gasteiger partial charge >= 0.3 is 0 Å². The lowest BCUT2D eigenvalue weighted by Crippen LogP contribution is -2.49. The van der Waals surface area contributed by atoms with Gasteiger partial charge in [-0.05, 0) is 25.3 Å². The maximum Gasteiger partial charge on any atom is 0.149 e. The van der Waals surface area contributed by atoms with Crippen LogP contribution in [0.15, 0.2) is 12.3 Å². The standard InChI is InChI=1S/C13H14ClN3O/c14-12-9(8-15)4-5-16-13(12)17-6-7-18-11-3-1-2-10(11)17/h4-5,10-11H,1-3,6-7H2.